The minimum atomic E-state index is -0.703. The van der Waals surface area contributed by atoms with Crippen molar-refractivity contribution in [1.29, 1.82) is 0 Å². The number of carbonyl (C=O) groups excluding carboxylic acids is 2. The predicted molar refractivity (Wildman–Crippen MR) is 129 cm³/mol. The van der Waals surface area contributed by atoms with E-state index in [0.717, 1.165) is 24.1 Å². The van der Waals surface area contributed by atoms with Gasteiger partial charge in [0.25, 0.3) is 11.7 Å². The van der Waals surface area contributed by atoms with Crippen molar-refractivity contribution in [2.24, 2.45) is 0 Å². The van der Waals surface area contributed by atoms with Gasteiger partial charge < -0.3 is 24.4 Å². The summed E-state index contributed by atoms with van der Waals surface area (Å²) >= 11 is 3.42. The Hall–Kier alpha value is -2.84. The fraction of sp³-hybridized carbons (Fsp3) is 0.360. The van der Waals surface area contributed by atoms with Crippen LogP contribution in [-0.4, -0.2) is 62.2 Å². The predicted octanol–water partition coefficient (Wildman–Crippen LogP) is 4.12. The van der Waals surface area contributed by atoms with E-state index in [1.807, 2.05) is 43.3 Å². The summed E-state index contributed by atoms with van der Waals surface area (Å²) in [6, 6.07) is 12.0. The van der Waals surface area contributed by atoms with Crippen molar-refractivity contribution < 1.29 is 24.2 Å². The smallest absolute Gasteiger partial charge is 0.295 e. The number of hydrogen-bond acceptors (Lipinski definition) is 6. The zero-order valence-electron chi connectivity index (χ0n) is 18.9. The molecule has 0 saturated carbocycles. The molecule has 1 N–H and O–H groups in total. The maximum atomic E-state index is 13.2. The van der Waals surface area contributed by atoms with Crippen molar-refractivity contribution >= 4 is 39.1 Å². The highest BCUT2D eigenvalue weighted by Crippen LogP contribution is 2.41. The summed E-state index contributed by atoms with van der Waals surface area (Å²) < 4.78 is 11.6. The minimum absolute atomic E-state index is 0.0765. The quantitative estimate of drug-likeness (QED) is 0.354. The summed E-state index contributed by atoms with van der Waals surface area (Å²) in [4.78, 5) is 29.8. The first-order chi connectivity index (χ1) is 15.8. The van der Waals surface area contributed by atoms with Gasteiger partial charge in [-0.3, -0.25) is 9.59 Å². The lowest BCUT2D eigenvalue weighted by atomic mass is 9.95. The van der Waals surface area contributed by atoms with Crippen LogP contribution >= 0.6 is 15.9 Å². The van der Waals surface area contributed by atoms with Crippen LogP contribution in [-0.2, 0) is 14.3 Å². The van der Waals surface area contributed by atoms with Gasteiger partial charge in [0, 0.05) is 38.5 Å². The van der Waals surface area contributed by atoms with E-state index in [-0.39, 0.29) is 17.4 Å². The number of aliphatic hydroxyl groups excluding tert-OH is 1. The van der Waals surface area contributed by atoms with Crippen molar-refractivity contribution in [3.05, 3.63) is 63.6 Å². The molecule has 0 aliphatic carbocycles. The van der Waals surface area contributed by atoms with Crippen LogP contribution in [0.25, 0.3) is 5.76 Å². The Balaban J connectivity index is 1.81. The van der Waals surface area contributed by atoms with Crippen LogP contribution in [0.4, 0.5) is 5.69 Å². The van der Waals surface area contributed by atoms with Gasteiger partial charge in [-0.05, 0) is 64.7 Å². The number of likely N-dealkylation sites (tertiary alicyclic amines) is 1. The Morgan fingerprint density at radius 2 is 1.94 bits per heavy atom. The SMILES string of the molecule is COc1ccc(/C(O)=C2/C(=O)C(=O)N(CC3CCCO3)C2c2ccc(N(C)C)cc2)cc1Br. The normalized spacial score (nSPS) is 22.1. The van der Waals surface area contributed by atoms with Crippen LogP contribution in [0.15, 0.2) is 52.5 Å². The van der Waals surface area contributed by atoms with E-state index in [1.54, 1.807) is 25.3 Å². The number of hydrogen-bond donors (Lipinski definition) is 1. The summed E-state index contributed by atoms with van der Waals surface area (Å²) in [6.45, 7) is 0.949. The van der Waals surface area contributed by atoms with Crippen LogP contribution in [0.5, 0.6) is 5.75 Å². The molecule has 2 saturated heterocycles. The number of anilines is 1. The molecule has 2 heterocycles. The Kier molecular flexibility index (Phi) is 6.76. The van der Waals surface area contributed by atoms with Gasteiger partial charge in [0.2, 0.25) is 0 Å². The molecular weight excluding hydrogens is 488 g/mol. The Labute approximate surface area is 201 Å². The van der Waals surface area contributed by atoms with E-state index >= 15 is 0 Å². The topological polar surface area (TPSA) is 79.3 Å². The van der Waals surface area contributed by atoms with Crippen LogP contribution in [0.2, 0.25) is 0 Å². The molecule has 2 fully saturated rings. The molecule has 0 bridgehead atoms. The average Bonchev–Trinajstić information content (AvgIpc) is 3.41. The van der Waals surface area contributed by atoms with E-state index in [2.05, 4.69) is 15.9 Å². The molecule has 2 aromatic carbocycles. The minimum Gasteiger partial charge on any atom is -0.507 e. The van der Waals surface area contributed by atoms with E-state index in [9.17, 15) is 14.7 Å². The zero-order chi connectivity index (χ0) is 23.7. The van der Waals surface area contributed by atoms with Gasteiger partial charge in [-0.15, -0.1) is 0 Å². The maximum Gasteiger partial charge on any atom is 0.295 e. The summed E-state index contributed by atoms with van der Waals surface area (Å²) in [5, 5.41) is 11.2. The van der Waals surface area contributed by atoms with Crippen LogP contribution in [0.3, 0.4) is 0 Å². The van der Waals surface area contributed by atoms with Gasteiger partial charge in [0.15, 0.2) is 0 Å². The molecule has 0 aromatic heterocycles. The molecule has 174 valence electrons. The number of rotatable bonds is 6. The molecule has 4 rings (SSSR count). The van der Waals surface area contributed by atoms with Gasteiger partial charge >= 0.3 is 0 Å². The van der Waals surface area contributed by atoms with Crippen LogP contribution in [0, 0.1) is 0 Å². The Morgan fingerprint density at radius 1 is 1.21 bits per heavy atom. The number of methoxy groups -OCH3 is 1. The molecule has 2 aliphatic heterocycles. The largest absolute Gasteiger partial charge is 0.507 e. The van der Waals surface area contributed by atoms with Gasteiger partial charge in [-0.2, -0.15) is 0 Å². The highest BCUT2D eigenvalue weighted by Gasteiger charge is 2.47. The number of amides is 1. The van der Waals surface area contributed by atoms with Gasteiger partial charge in [-0.1, -0.05) is 12.1 Å². The molecule has 8 heteroatoms. The van der Waals surface area contributed by atoms with Crippen molar-refractivity contribution in [2.45, 2.75) is 25.0 Å². The molecule has 33 heavy (non-hydrogen) atoms. The third-order valence-electron chi connectivity index (χ3n) is 6.11. The lowest BCUT2D eigenvalue weighted by molar-refractivity contribution is -0.140. The van der Waals surface area contributed by atoms with E-state index in [1.165, 1.54) is 4.90 Å². The molecule has 2 aliphatic rings. The number of Topliss-reactive ketones (excluding diaryl/α,β-unsaturated/α-hetero) is 1. The van der Waals surface area contributed by atoms with Crippen LogP contribution < -0.4 is 9.64 Å². The number of ketones is 1. The molecule has 7 nitrogen and oxygen atoms in total. The molecular formula is C25H27BrN2O5. The number of benzene rings is 2. The second-order valence-corrected chi connectivity index (χ2v) is 9.28. The van der Waals surface area contributed by atoms with Crippen molar-refractivity contribution in [1.82, 2.24) is 4.90 Å². The third-order valence-corrected chi connectivity index (χ3v) is 6.73. The van der Waals surface area contributed by atoms with Crippen molar-refractivity contribution in [2.75, 3.05) is 39.3 Å². The summed E-state index contributed by atoms with van der Waals surface area (Å²) in [5.41, 5.74) is 2.25. The lowest BCUT2D eigenvalue weighted by Crippen LogP contribution is -2.36. The fourth-order valence-electron chi connectivity index (χ4n) is 4.35. The highest BCUT2D eigenvalue weighted by molar-refractivity contribution is 9.10. The first kappa shape index (κ1) is 23.3. The van der Waals surface area contributed by atoms with Gasteiger partial charge in [-0.25, -0.2) is 0 Å². The molecule has 2 unspecified atom stereocenters. The Bertz CT molecular complexity index is 1090. The molecule has 2 aromatic rings. The summed E-state index contributed by atoms with van der Waals surface area (Å²) in [7, 11) is 5.44. The summed E-state index contributed by atoms with van der Waals surface area (Å²) in [5.74, 6) is -0.935. The maximum absolute atomic E-state index is 13.2. The van der Waals surface area contributed by atoms with E-state index in [4.69, 9.17) is 9.47 Å². The van der Waals surface area contributed by atoms with Gasteiger partial charge in [0.05, 0.1) is 29.3 Å². The number of ether oxygens (including phenoxy) is 2. The monoisotopic (exact) mass is 514 g/mol. The first-order valence-electron chi connectivity index (χ1n) is 10.8. The Morgan fingerprint density at radius 3 is 2.52 bits per heavy atom. The van der Waals surface area contributed by atoms with E-state index < -0.39 is 17.7 Å². The average molecular weight is 515 g/mol. The van der Waals surface area contributed by atoms with Crippen LogP contribution in [0.1, 0.15) is 30.0 Å². The van der Waals surface area contributed by atoms with Gasteiger partial charge in [0.1, 0.15) is 11.5 Å². The second-order valence-electron chi connectivity index (χ2n) is 8.42. The van der Waals surface area contributed by atoms with E-state index in [0.29, 0.717) is 28.9 Å². The fourth-order valence-corrected chi connectivity index (χ4v) is 4.89. The number of aliphatic hydroxyl groups is 1. The van der Waals surface area contributed by atoms with Crippen molar-refractivity contribution in [3.63, 3.8) is 0 Å². The third kappa shape index (κ3) is 4.50. The standard InChI is InChI=1S/C25H27BrN2O5/c1-27(2)17-9-6-15(7-10-17)22-21(23(29)16-8-11-20(32-3)19(26)13-16)24(30)25(31)28(22)14-18-5-4-12-33-18/h6-11,13,18,22,29H,4-5,12,14H2,1-3H3/b23-21-. The first-order valence-corrected chi connectivity index (χ1v) is 11.6. The molecule has 0 radical (unpaired) electrons. The lowest BCUT2D eigenvalue weighted by Gasteiger charge is -2.28. The second kappa shape index (κ2) is 9.57. The van der Waals surface area contributed by atoms with Crippen molar-refractivity contribution in [3.8, 4) is 5.75 Å². The number of carbonyl (C=O) groups is 2. The number of halogens is 1. The summed E-state index contributed by atoms with van der Waals surface area (Å²) in [6.07, 6.45) is 1.64. The zero-order valence-corrected chi connectivity index (χ0v) is 20.5. The molecule has 2 atom stereocenters. The highest BCUT2D eigenvalue weighted by atomic mass is 79.9. The molecule has 0 spiro atoms. The molecule has 1 amide bonds. The number of nitrogens with zero attached hydrogens (tertiary/aromatic N) is 2.